The topological polar surface area (TPSA) is 95.9 Å². The van der Waals surface area contributed by atoms with Gasteiger partial charge in [0.25, 0.3) is 0 Å². The number of carboxylic acid groups (broad SMARTS) is 2. The smallest absolute Gasteiger partial charge is 0.414 e. The van der Waals surface area contributed by atoms with Gasteiger partial charge in [-0.3, -0.25) is 0 Å². The maximum Gasteiger partial charge on any atom is 0.414 e. The monoisotopic (exact) mass is 203 g/mol. The number of rotatable bonds is 2. The zero-order chi connectivity index (χ0) is 10.6. The standard InChI is InChI=1S/C6H11NO.C2H2O4/c1-2-5(1)7-6-3-8-4-6;3-1(4)2(5)6/h5-7H,1-4H2;(H,3,4)(H,5,6). The van der Waals surface area contributed by atoms with Crippen molar-refractivity contribution in [1.82, 2.24) is 5.32 Å². The predicted molar refractivity (Wildman–Crippen MR) is 46.0 cm³/mol. The second-order valence-corrected chi connectivity index (χ2v) is 3.29. The fraction of sp³-hybridized carbons (Fsp3) is 0.750. The highest BCUT2D eigenvalue weighted by Gasteiger charge is 2.27. The molecule has 1 saturated carbocycles. The van der Waals surface area contributed by atoms with Gasteiger partial charge in [-0.2, -0.15) is 0 Å². The number of hydrogen-bond acceptors (Lipinski definition) is 4. The number of aliphatic carboxylic acids is 2. The van der Waals surface area contributed by atoms with Crippen LogP contribution < -0.4 is 5.32 Å². The van der Waals surface area contributed by atoms with Crippen LogP contribution in [0, 0.1) is 0 Å². The van der Waals surface area contributed by atoms with Crippen LogP contribution in [0.3, 0.4) is 0 Å². The van der Waals surface area contributed by atoms with Crippen LogP contribution in [0.5, 0.6) is 0 Å². The third-order valence-electron chi connectivity index (χ3n) is 1.87. The van der Waals surface area contributed by atoms with E-state index in [9.17, 15) is 0 Å². The highest BCUT2D eigenvalue weighted by Crippen LogP contribution is 2.20. The highest BCUT2D eigenvalue weighted by atomic mass is 16.5. The van der Waals surface area contributed by atoms with Crippen LogP contribution >= 0.6 is 0 Å². The number of ether oxygens (including phenoxy) is 1. The van der Waals surface area contributed by atoms with Crippen molar-refractivity contribution < 1.29 is 24.5 Å². The summed E-state index contributed by atoms with van der Waals surface area (Å²) in [5, 5.41) is 18.2. The quantitative estimate of drug-likeness (QED) is 0.513. The van der Waals surface area contributed by atoms with Gasteiger partial charge in [-0.05, 0) is 12.8 Å². The number of hydrogen-bond donors (Lipinski definition) is 3. The van der Waals surface area contributed by atoms with E-state index in [0.29, 0.717) is 6.04 Å². The molecule has 6 nitrogen and oxygen atoms in total. The Morgan fingerprint density at radius 3 is 1.79 bits per heavy atom. The molecule has 0 amide bonds. The van der Waals surface area contributed by atoms with E-state index in [1.54, 1.807) is 0 Å². The Morgan fingerprint density at radius 2 is 1.57 bits per heavy atom. The molecule has 3 N–H and O–H groups in total. The minimum Gasteiger partial charge on any atom is -0.473 e. The Balaban J connectivity index is 0.000000149. The molecule has 0 radical (unpaired) electrons. The summed E-state index contributed by atoms with van der Waals surface area (Å²) >= 11 is 0. The van der Waals surface area contributed by atoms with Crippen LogP contribution in [0.2, 0.25) is 0 Å². The zero-order valence-corrected chi connectivity index (χ0v) is 7.60. The van der Waals surface area contributed by atoms with Gasteiger partial charge in [0.05, 0.1) is 19.3 Å². The van der Waals surface area contributed by atoms with E-state index in [1.807, 2.05) is 0 Å². The van der Waals surface area contributed by atoms with Gasteiger partial charge in [0.2, 0.25) is 0 Å². The minimum absolute atomic E-state index is 0.697. The molecule has 6 heteroatoms. The Hall–Kier alpha value is -1.14. The van der Waals surface area contributed by atoms with Crippen molar-refractivity contribution >= 4 is 11.9 Å². The number of carbonyl (C=O) groups is 2. The average molecular weight is 203 g/mol. The molecule has 0 aromatic rings. The maximum atomic E-state index is 9.10. The molecule has 1 saturated heterocycles. The van der Waals surface area contributed by atoms with Crippen molar-refractivity contribution in [3.05, 3.63) is 0 Å². The summed E-state index contributed by atoms with van der Waals surface area (Å²) in [6, 6.07) is 1.55. The first-order valence-electron chi connectivity index (χ1n) is 4.39. The largest absolute Gasteiger partial charge is 0.473 e. The SMILES string of the molecule is C1CC1NC1COC1.O=C(O)C(=O)O. The molecule has 1 aliphatic heterocycles. The summed E-state index contributed by atoms with van der Waals surface area (Å²) in [6.45, 7) is 1.88. The number of carboxylic acids is 2. The Labute approximate surface area is 80.9 Å². The van der Waals surface area contributed by atoms with Crippen molar-refractivity contribution in [2.45, 2.75) is 24.9 Å². The van der Waals surface area contributed by atoms with E-state index >= 15 is 0 Å². The molecule has 0 aromatic carbocycles. The Kier molecular flexibility index (Phi) is 3.84. The molecule has 0 unspecified atom stereocenters. The van der Waals surface area contributed by atoms with Gasteiger partial charge in [0.15, 0.2) is 0 Å². The van der Waals surface area contributed by atoms with Crippen LogP contribution in [0.25, 0.3) is 0 Å². The van der Waals surface area contributed by atoms with Crippen molar-refractivity contribution in [3.8, 4) is 0 Å². The van der Waals surface area contributed by atoms with E-state index in [-0.39, 0.29) is 0 Å². The van der Waals surface area contributed by atoms with Crippen molar-refractivity contribution in [3.63, 3.8) is 0 Å². The lowest BCUT2D eigenvalue weighted by molar-refractivity contribution is -0.159. The van der Waals surface area contributed by atoms with Gasteiger partial charge in [0, 0.05) is 6.04 Å². The molecule has 2 rings (SSSR count). The first-order valence-corrected chi connectivity index (χ1v) is 4.39. The second kappa shape index (κ2) is 4.92. The van der Waals surface area contributed by atoms with E-state index < -0.39 is 11.9 Å². The molecule has 1 aliphatic carbocycles. The zero-order valence-electron chi connectivity index (χ0n) is 7.60. The van der Waals surface area contributed by atoms with E-state index in [1.165, 1.54) is 12.8 Å². The van der Waals surface area contributed by atoms with Crippen LogP contribution in [0.1, 0.15) is 12.8 Å². The van der Waals surface area contributed by atoms with Gasteiger partial charge in [-0.25, -0.2) is 9.59 Å². The molecular weight excluding hydrogens is 190 g/mol. The highest BCUT2D eigenvalue weighted by molar-refractivity contribution is 6.27. The van der Waals surface area contributed by atoms with Gasteiger partial charge >= 0.3 is 11.9 Å². The molecule has 14 heavy (non-hydrogen) atoms. The van der Waals surface area contributed by atoms with Crippen LogP contribution in [0.15, 0.2) is 0 Å². The van der Waals surface area contributed by atoms with Crippen molar-refractivity contribution in [1.29, 1.82) is 0 Å². The molecular formula is C8H13NO5. The van der Waals surface area contributed by atoms with Crippen LogP contribution in [-0.2, 0) is 14.3 Å². The molecule has 1 heterocycles. The van der Waals surface area contributed by atoms with E-state index in [4.69, 9.17) is 24.5 Å². The van der Waals surface area contributed by atoms with E-state index in [0.717, 1.165) is 19.3 Å². The summed E-state index contributed by atoms with van der Waals surface area (Å²) in [5.74, 6) is -3.65. The first-order chi connectivity index (χ1) is 6.59. The maximum absolute atomic E-state index is 9.10. The lowest BCUT2D eigenvalue weighted by Gasteiger charge is -2.26. The summed E-state index contributed by atoms with van der Waals surface area (Å²) in [5.41, 5.74) is 0. The molecule has 0 aromatic heterocycles. The summed E-state index contributed by atoms with van der Waals surface area (Å²) < 4.78 is 5.00. The molecule has 2 aliphatic rings. The second-order valence-electron chi connectivity index (χ2n) is 3.29. The Morgan fingerprint density at radius 1 is 1.07 bits per heavy atom. The molecule has 0 atom stereocenters. The molecule has 0 bridgehead atoms. The van der Waals surface area contributed by atoms with E-state index in [2.05, 4.69) is 5.32 Å². The molecule has 80 valence electrons. The fourth-order valence-electron chi connectivity index (χ4n) is 0.915. The third kappa shape index (κ3) is 4.20. The number of nitrogens with one attached hydrogen (secondary N) is 1. The predicted octanol–water partition coefficient (Wildman–Crippen LogP) is -0.707. The average Bonchev–Trinajstić information content (AvgIpc) is 2.81. The summed E-state index contributed by atoms with van der Waals surface area (Å²) in [4.78, 5) is 18.2. The van der Waals surface area contributed by atoms with Crippen LogP contribution in [0.4, 0.5) is 0 Å². The summed E-state index contributed by atoms with van der Waals surface area (Å²) in [7, 11) is 0. The van der Waals surface area contributed by atoms with Gasteiger partial charge in [-0.15, -0.1) is 0 Å². The molecule has 2 fully saturated rings. The fourth-order valence-corrected chi connectivity index (χ4v) is 0.915. The van der Waals surface area contributed by atoms with Gasteiger partial charge < -0.3 is 20.3 Å². The van der Waals surface area contributed by atoms with Gasteiger partial charge in [-0.1, -0.05) is 0 Å². The molecule has 0 spiro atoms. The van der Waals surface area contributed by atoms with Crippen molar-refractivity contribution in [2.75, 3.05) is 13.2 Å². The van der Waals surface area contributed by atoms with Crippen molar-refractivity contribution in [2.24, 2.45) is 0 Å². The summed E-state index contributed by atoms with van der Waals surface area (Å²) in [6.07, 6.45) is 2.77. The Bertz CT molecular complexity index is 210. The van der Waals surface area contributed by atoms with Crippen LogP contribution in [-0.4, -0.2) is 47.4 Å². The van der Waals surface area contributed by atoms with Gasteiger partial charge in [0.1, 0.15) is 0 Å². The normalized spacial score (nSPS) is 20.3. The minimum atomic E-state index is -1.82. The third-order valence-corrected chi connectivity index (χ3v) is 1.87. The lowest BCUT2D eigenvalue weighted by atomic mass is 10.2. The first kappa shape index (κ1) is 10.9. The lowest BCUT2D eigenvalue weighted by Crippen LogP contribution is -2.46.